The van der Waals surface area contributed by atoms with Crippen molar-refractivity contribution in [3.05, 3.63) is 52.0 Å². The van der Waals surface area contributed by atoms with E-state index in [1.54, 1.807) is 17.5 Å². The molecule has 1 aliphatic heterocycles. The fraction of sp³-hybridized carbons (Fsp3) is 0.444. The molecule has 2 aromatic rings. The van der Waals surface area contributed by atoms with Gasteiger partial charge in [0.15, 0.2) is 0 Å². The van der Waals surface area contributed by atoms with Gasteiger partial charge in [-0.05, 0) is 42.8 Å². The summed E-state index contributed by atoms with van der Waals surface area (Å²) < 4.78 is 5.70. The molecule has 5 nitrogen and oxygen atoms in total. The Bertz CT molecular complexity index is 637. The minimum atomic E-state index is -0.0560. The summed E-state index contributed by atoms with van der Waals surface area (Å²) in [6.07, 6.45) is 4.06. The van der Waals surface area contributed by atoms with Gasteiger partial charge in [0.05, 0.1) is 12.6 Å². The summed E-state index contributed by atoms with van der Waals surface area (Å²) in [4.78, 5) is 19.9. The van der Waals surface area contributed by atoms with Crippen molar-refractivity contribution >= 4 is 17.4 Å². The van der Waals surface area contributed by atoms with Crippen LogP contribution in [0.5, 0.6) is 0 Å². The van der Waals surface area contributed by atoms with Gasteiger partial charge in [0, 0.05) is 36.5 Å². The monoisotopic (exact) mass is 345 g/mol. The number of hydrogen-bond acceptors (Lipinski definition) is 4. The van der Waals surface area contributed by atoms with Crippen molar-refractivity contribution in [2.45, 2.75) is 39.0 Å². The van der Waals surface area contributed by atoms with E-state index in [0.717, 1.165) is 30.7 Å². The van der Waals surface area contributed by atoms with E-state index in [-0.39, 0.29) is 12.1 Å². The number of carbonyl (C=O) groups excluding carboxylic acids is 1. The zero-order valence-corrected chi connectivity index (χ0v) is 14.7. The maximum atomic E-state index is 12.6. The zero-order valence-electron chi connectivity index (χ0n) is 13.9. The highest BCUT2D eigenvalue weighted by atomic mass is 32.1. The SMILES string of the molecule is Cc1ccc(CNC(=O)N(Cc2cccs2)C[C@H]2CCCO2)cn1. The van der Waals surface area contributed by atoms with Crippen LogP contribution in [-0.4, -0.2) is 35.2 Å². The normalized spacial score (nSPS) is 17.0. The van der Waals surface area contributed by atoms with Crippen molar-refractivity contribution < 1.29 is 9.53 Å². The Kier molecular flexibility index (Phi) is 5.82. The van der Waals surface area contributed by atoms with Crippen molar-refractivity contribution in [2.24, 2.45) is 0 Å². The first-order valence-corrected chi connectivity index (χ1v) is 9.17. The second kappa shape index (κ2) is 8.26. The highest BCUT2D eigenvalue weighted by molar-refractivity contribution is 7.09. The number of rotatable bonds is 6. The van der Waals surface area contributed by atoms with E-state index < -0.39 is 0 Å². The predicted octanol–water partition coefficient (Wildman–Crippen LogP) is 3.34. The Morgan fingerprint density at radius 2 is 2.38 bits per heavy atom. The minimum Gasteiger partial charge on any atom is -0.376 e. The number of thiophene rings is 1. The van der Waals surface area contributed by atoms with Crippen LogP contribution in [0.3, 0.4) is 0 Å². The molecule has 0 bridgehead atoms. The first-order chi connectivity index (χ1) is 11.7. The third kappa shape index (κ3) is 4.79. The number of aryl methyl sites for hydroxylation is 1. The number of urea groups is 1. The quantitative estimate of drug-likeness (QED) is 0.873. The molecule has 0 spiro atoms. The number of amides is 2. The number of aromatic nitrogens is 1. The van der Waals surface area contributed by atoms with Crippen LogP contribution in [0, 0.1) is 6.92 Å². The summed E-state index contributed by atoms with van der Waals surface area (Å²) in [6.45, 7) is 4.49. The maximum absolute atomic E-state index is 12.6. The van der Waals surface area contributed by atoms with Crippen molar-refractivity contribution in [2.75, 3.05) is 13.2 Å². The summed E-state index contributed by atoms with van der Waals surface area (Å²) in [6, 6.07) is 7.97. The van der Waals surface area contributed by atoms with Gasteiger partial charge in [0.2, 0.25) is 0 Å². The van der Waals surface area contributed by atoms with E-state index in [9.17, 15) is 4.79 Å². The number of pyridine rings is 1. The summed E-state index contributed by atoms with van der Waals surface area (Å²) in [5, 5.41) is 5.04. The van der Waals surface area contributed by atoms with Gasteiger partial charge in [0.25, 0.3) is 0 Å². The van der Waals surface area contributed by atoms with Crippen LogP contribution >= 0.6 is 11.3 Å². The molecule has 1 aliphatic rings. The van der Waals surface area contributed by atoms with Gasteiger partial charge >= 0.3 is 6.03 Å². The zero-order chi connectivity index (χ0) is 16.8. The van der Waals surface area contributed by atoms with Crippen molar-refractivity contribution in [1.29, 1.82) is 0 Å². The molecule has 0 radical (unpaired) electrons. The third-order valence-corrected chi connectivity index (χ3v) is 4.94. The summed E-state index contributed by atoms with van der Waals surface area (Å²) in [5.74, 6) is 0. The molecule has 0 unspecified atom stereocenters. The number of nitrogens with one attached hydrogen (secondary N) is 1. The Morgan fingerprint density at radius 3 is 3.04 bits per heavy atom. The van der Waals surface area contributed by atoms with E-state index >= 15 is 0 Å². The molecule has 0 aliphatic carbocycles. The summed E-state index contributed by atoms with van der Waals surface area (Å²) in [7, 11) is 0. The minimum absolute atomic E-state index is 0.0560. The van der Waals surface area contributed by atoms with Gasteiger partial charge in [-0.25, -0.2) is 4.79 Å². The van der Waals surface area contributed by atoms with Crippen LogP contribution in [0.2, 0.25) is 0 Å². The molecule has 0 saturated carbocycles. The molecular formula is C18H23N3O2S. The van der Waals surface area contributed by atoms with Gasteiger partial charge in [0.1, 0.15) is 0 Å². The predicted molar refractivity (Wildman–Crippen MR) is 94.9 cm³/mol. The maximum Gasteiger partial charge on any atom is 0.318 e. The largest absolute Gasteiger partial charge is 0.376 e. The molecule has 24 heavy (non-hydrogen) atoms. The molecule has 3 rings (SSSR count). The second-order valence-electron chi connectivity index (χ2n) is 6.06. The Morgan fingerprint density at radius 1 is 1.46 bits per heavy atom. The highest BCUT2D eigenvalue weighted by Gasteiger charge is 2.23. The van der Waals surface area contributed by atoms with Crippen LogP contribution in [0.25, 0.3) is 0 Å². The van der Waals surface area contributed by atoms with Crippen LogP contribution in [-0.2, 0) is 17.8 Å². The summed E-state index contributed by atoms with van der Waals surface area (Å²) >= 11 is 1.67. The number of nitrogens with zero attached hydrogens (tertiary/aromatic N) is 2. The molecule has 2 amide bonds. The molecular weight excluding hydrogens is 322 g/mol. The molecule has 3 heterocycles. The van der Waals surface area contributed by atoms with Gasteiger partial charge in [-0.15, -0.1) is 11.3 Å². The van der Waals surface area contributed by atoms with Gasteiger partial charge in [-0.3, -0.25) is 4.98 Å². The number of hydrogen-bond donors (Lipinski definition) is 1. The topological polar surface area (TPSA) is 54.5 Å². The lowest BCUT2D eigenvalue weighted by Gasteiger charge is -2.25. The fourth-order valence-electron chi connectivity index (χ4n) is 2.74. The van der Waals surface area contributed by atoms with E-state index in [4.69, 9.17) is 4.74 Å². The number of ether oxygens (including phenoxy) is 1. The second-order valence-corrected chi connectivity index (χ2v) is 7.09. The van der Waals surface area contributed by atoms with Crippen LogP contribution < -0.4 is 5.32 Å². The van der Waals surface area contributed by atoms with Gasteiger partial charge < -0.3 is 15.0 Å². The van der Waals surface area contributed by atoms with E-state index in [1.807, 2.05) is 35.4 Å². The summed E-state index contributed by atoms with van der Waals surface area (Å²) in [5.41, 5.74) is 1.98. The lowest BCUT2D eigenvalue weighted by atomic mass is 10.2. The lowest BCUT2D eigenvalue weighted by molar-refractivity contribution is 0.0796. The smallest absolute Gasteiger partial charge is 0.318 e. The van der Waals surface area contributed by atoms with Gasteiger partial charge in [-0.2, -0.15) is 0 Å². The van der Waals surface area contributed by atoms with E-state index in [0.29, 0.717) is 19.6 Å². The number of carbonyl (C=O) groups is 1. The molecule has 1 atom stereocenters. The van der Waals surface area contributed by atoms with Gasteiger partial charge in [-0.1, -0.05) is 12.1 Å². The fourth-order valence-corrected chi connectivity index (χ4v) is 3.46. The first kappa shape index (κ1) is 16.9. The van der Waals surface area contributed by atoms with E-state index in [2.05, 4.69) is 16.4 Å². The Hall–Kier alpha value is -1.92. The van der Waals surface area contributed by atoms with Crippen molar-refractivity contribution in [1.82, 2.24) is 15.2 Å². The van der Waals surface area contributed by atoms with Crippen LogP contribution in [0.15, 0.2) is 35.8 Å². The Balaban J connectivity index is 1.59. The molecule has 1 saturated heterocycles. The molecule has 1 N–H and O–H groups in total. The molecule has 128 valence electrons. The highest BCUT2D eigenvalue weighted by Crippen LogP contribution is 2.17. The lowest BCUT2D eigenvalue weighted by Crippen LogP contribution is -2.42. The van der Waals surface area contributed by atoms with Crippen molar-refractivity contribution in [3.63, 3.8) is 0 Å². The first-order valence-electron chi connectivity index (χ1n) is 8.29. The average molecular weight is 345 g/mol. The van der Waals surface area contributed by atoms with Crippen LogP contribution in [0.1, 0.15) is 29.0 Å². The van der Waals surface area contributed by atoms with Crippen molar-refractivity contribution in [3.8, 4) is 0 Å². The molecule has 1 fully saturated rings. The molecule has 0 aromatic carbocycles. The average Bonchev–Trinajstić information content (AvgIpc) is 3.27. The molecule has 6 heteroatoms. The third-order valence-electron chi connectivity index (χ3n) is 4.08. The molecule has 2 aromatic heterocycles. The standard InChI is InChI=1S/C18H23N3O2S/c1-14-6-7-15(10-19-14)11-20-18(22)21(12-16-4-2-8-23-16)13-17-5-3-9-24-17/h3,5-7,9-10,16H,2,4,8,11-13H2,1H3,(H,20,22)/t16-/m1/s1. The van der Waals surface area contributed by atoms with Crippen LogP contribution in [0.4, 0.5) is 4.79 Å². The Labute approximate surface area is 146 Å². The van der Waals surface area contributed by atoms with E-state index in [1.165, 1.54) is 4.88 Å².